The van der Waals surface area contributed by atoms with Gasteiger partial charge < -0.3 is 10.2 Å². The number of nitrogens with one attached hydrogen (secondary N) is 1. The standard InChI is InChI=1S/C31H38N2O2/c1-6-25(5)32-31(35)29(19-26-12-8-7-9-13-26)33(21-27-14-10-11-22(2)17-27)30(34)20-28-18-23(3)15-16-24(28)4/h7-18,25,29H,6,19-21H2,1-5H3,(H,32,35)/t25-,29+/m1/s1. The van der Waals surface area contributed by atoms with E-state index in [0.717, 1.165) is 39.8 Å². The third-order valence-electron chi connectivity index (χ3n) is 6.55. The van der Waals surface area contributed by atoms with Gasteiger partial charge in [-0.2, -0.15) is 0 Å². The lowest BCUT2D eigenvalue weighted by Gasteiger charge is -2.32. The van der Waals surface area contributed by atoms with Gasteiger partial charge in [-0.1, -0.05) is 90.8 Å². The summed E-state index contributed by atoms with van der Waals surface area (Å²) in [6, 6.07) is 23.7. The van der Waals surface area contributed by atoms with Crippen LogP contribution in [-0.4, -0.2) is 28.8 Å². The highest BCUT2D eigenvalue weighted by Crippen LogP contribution is 2.19. The molecule has 35 heavy (non-hydrogen) atoms. The zero-order chi connectivity index (χ0) is 25.4. The van der Waals surface area contributed by atoms with E-state index in [1.54, 1.807) is 4.90 Å². The molecular formula is C31H38N2O2. The van der Waals surface area contributed by atoms with E-state index in [-0.39, 0.29) is 24.3 Å². The molecule has 2 amide bonds. The summed E-state index contributed by atoms with van der Waals surface area (Å²) in [6.07, 6.45) is 1.56. The van der Waals surface area contributed by atoms with E-state index >= 15 is 0 Å². The lowest BCUT2D eigenvalue weighted by Crippen LogP contribution is -2.52. The van der Waals surface area contributed by atoms with E-state index in [0.29, 0.717) is 13.0 Å². The summed E-state index contributed by atoms with van der Waals surface area (Å²) in [4.78, 5) is 29.3. The Balaban J connectivity index is 2.00. The van der Waals surface area contributed by atoms with Crippen LogP contribution in [0.4, 0.5) is 0 Å². The molecule has 4 heteroatoms. The molecule has 184 valence electrons. The number of rotatable bonds is 10. The summed E-state index contributed by atoms with van der Waals surface area (Å²) < 4.78 is 0. The zero-order valence-electron chi connectivity index (χ0n) is 21.7. The fourth-order valence-corrected chi connectivity index (χ4v) is 4.26. The molecule has 0 saturated heterocycles. The van der Waals surface area contributed by atoms with Gasteiger partial charge in [0, 0.05) is 19.0 Å². The zero-order valence-corrected chi connectivity index (χ0v) is 21.7. The number of hydrogen-bond acceptors (Lipinski definition) is 2. The first kappa shape index (κ1) is 26.2. The maximum atomic E-state index is 13.9. The maximum absolute atomic E-state index is 13.9. The molecule has 0 heterocycles. The molecule has 4 nitrogen and oxygen atoms in total. The Labute approximate surface area is 210 Å². The number of carbonyl (C=O) groups is 2. The Morgan fingerprint density at radius 3 is 2.23 bits per heavy atom. The van der Waals surface area contributed by atoms with Crippen LogP contribution < -0.4 is 5.32 Å². The van der Waals surface area contributed by atoms with Gasteiger partial charge in [0.05, 0.1) is 6.42 Å². The fraction of sp³-hybridized carbons (Fsp3) is 0.355. The molecule has 0 aliphatic heterocycles. The van der Waals surface area contributed by atoms with E-state index in [9.17, 15) is 9.59 Å². The van der Waals surface area contributed by atoms with Crippen molar-refractivity contribution in [3.8, 4) is 0 Å². The predicted octanol–water partition coefficient (Wildman–Crippen LogP) is 5.71. The van der Waals surface area contributed by atoms with Gasteiger partial charge >= 0.3 is 0 Å². The van der Waals surface area contributed by atoms with Gasteiger partial charge in [0.1, 0.15) is 6.04 Å². The van der Waals surface area contributed by atoms with Crippen LogP contribution in [0, 0.1) is 20.8 Å². The van der Waals surface area contributed by atoms with Crippen molar-refractivity contribution in [1.29, 1.82) is 0 Å². The topological polar surface area (TPSA) is 49.4 Å². The van der Waals surface area contributed by atoms with Crippen LogP contribution in [-0.2, 0) is 29.0 Å². The van der Waals surface area contributed by atoms with Gasteiger partial charge in [-0.25, -0.2) is 0 Å². The van der Waals surface area contributed by atoms with Crippen molar-refractivity contribution < 1.29 is 9.59 Å². The van der Waals surface area contributed by atoms with Crippen LogP contribution in [0.15, 0.2) is 72.8 Å². The predicted molar refractivity (Wildman–Crippen MR) is 143 cm³/mol. The minimum atomic E-state index is -0.607. The van der Waals surface area contributed by atoms with Gasteiger partial charge in [-0.15, -0.1) is 0 Å². The molecule has 0 unspecified atom stereocenters. The van der Waals surface area contributed by atoms with Gasteiger partial charge in [-0.3, -0.25) is 9.59 Å². The Bertz CT molecular complexity index is 1140. The van der Waals surface area contributed by atoms with Crippen molar-refractivity contribution in [3.63, 3.8) is 0 Å². The molecule has 0 fully saturated rings. The molecule has 3 aromatic carbocycles. The Morgan fingerprint density at radius 2 is 1.54 bits per heavy atom. The van der Waals surface area contributed by atoms with Crippen LogP contribution in [0.2, 0.25) is 0 Å². The van der Waals surface area contributed by atoms with Gasteiger partial charge in [0.2, 0.25) is 11.8 Å². The molecule has 0 aliphatic carbocycles. The molecule has 0 radical (unpaired) electrons. The summed E-state index contributed by atoms with van der Waals surface area (Å²) in [5.74, 6) is -0.148. The number of nitrogens with zero attached hydrogens (tertiary/aromatic N) is 1. The second-order valence-electron chi connectivity index (χ2n) is 9.64. The van der Waals surface area contributed by atoms with E-state index < -0.39 is 6.04 Å². The highest BCUT2D eigenvalue weighted by Gasteiger charge is 2.31. The van der Waals surface area contributed by atoms with Gasteiger partial charge in [0.25, 0.3) is 0 Å². The largest absolute Gasteiger partial charge is 0.352 e. The highest BCUT2D eigenvalue weighted by molar-refractivity contribution is 5.89. The summed E-state index contributed by atoms with van der Waals surface area (Å²) in [7, 11) is 0. The number of aryl methyl sites for hydroxylation is 3. The van der Waals surface area contributed by atoms with Crippen molar-refractivity contribution >= 4 is 11.8 Å². The Morgan fingerprint density at radius 1 is 0.857 bits per heavy atom. The second-order valence-corrected chi connectivity index (χ2v) is 9.64. The summed E-state index contributed by atoms with van der Waals surface area (Å²) >= 11 is 0. The Kier molecular flexibility index (Phi) is 9.25. The van der Waals surface area contributed by atoms with E-state index in [2.05, 4.69) is 29.6 Å². The van der Waals surface area contributed by atoms with Crippen LogP contribution in [0.3, 0.4) is 0 Å². The number of hydrogen-bond donors (Lipinski definition) is 1. The van der Waals surface area contributed by atoms with Crippen molar-refractivity contribution in [2.45, 2.75) is 72.5 Å². The van der Waals surface area contributed by atoms with E-state index in [4.69, 9.17) is 0 Å². The molecule has 0 bridgehead atoms. The van der Waals surface area contributed by atoms with Crippen LogP contribution >= 0.6 is 0 Å². The van der Waals surface area contributed by atoms with E-state index in [1.807, 2.05) is 83.1 Å². The molecule has 2 atom stereocenters. The molecule has 0 aromatic heterocycles. The van der Waals surface area contributed by atoms with Crippen molar-refractivity contribution in [2.75, 3.05) is 0 Å². The first-order valence-corrected chi connectivity index (χ1v) is 12.5. The quantitative estimate of drug-likeness (QED) is 0.413. The average molecular weight is 471 g/mol. The van der Waals surface area contributed by atoms with Crippen molar-refractivity contribution in [3.05, 3.63) is 106 Å². The van der Waals surface area contributed by atoms with Crippen molar-refractivity contribution in [1.82, 2.24) is 10.2 Å². The monoisotopic (exact) mass is 470 g/mol. The minimum absolute atomic E-state index is 0.0377. The van der Waals surface area contributed by atoms with Crippen LogP contribution in [0.1, 0.15) is 53.6 Å². The third-order valence-corrected chi connectivity index (χ3v) is 6.55. The lowest BCUT2D eigenvalue weighted by atomic mass is 9.99. The second kappa shape index (κ2) is 12.3. The number of carbonyl (C=O) groups excluding carboxylic acids is 2. The van der Waals surface area contributed by atoms with Crippen LogP contribution in [0.5, 0.6) is 0 Å². The fourth-order valence-electron chi connectivity index (χ4n) is 4.26. The highest BCUT2D eigenvalue weighted by atomic mass is 16.2. The molecule has 0 saturated carbocycles. The van der Waals surface area contributed by atoms with Gasteiger partial charge in [-0.05, 0) is 56.4 Å². The Hall–Kier alpha value is -3.40. The van der Waals surface area contributed by atoms with E-state index in [1.165, 1.54) is 0 Å². The summed E-state index contributed by atoms with van der Waals surface area (Å²) in [5.41, 5.74) is 6.40. The molecule has 3 rings (SSSR count). The molecule has 0 aliphatic rings. The molecule has 0 spiro atoms. The minimum Gasteiger partial charge on any atom is -0.352 e. The first-order chi connectivity index (χ1) is 16.8. The van der Waals surface area contributed by atoms with Crippen LogP contribution in [0.25, 0.3) is 0 Å². The number of amides is 2. The first-order valence-electron chi connectivity index (χ1n) is 12.5. The molecule has 1 N–H and O–H groups in total. The third kappa shape index (κ3) is 7.54. The summed E-state index contributed by atoms with van der Waals surface area (Å²) in [6.45, 7) is 10.5. The smallest absolute Gasteiger partial charge is 0.243 e. The maximum Gasteiger partial charge on any atom is 0.243 e. The summed E-state index contributed by atoms with van der Waals surface area (Å²) in [5, 5.41) is 3.13. The lowest BCUT2D eigenvalue weighted by molar-refractivity contribution is -0.141. The molecule has 3 aromatic rings. The SMILES string of the molecule is CC[C@@H](C)NC(=O)[C@H](Cc1ccccc1)N(Cc1cccc(C)c1)C(=O)Cc1cc(C)ccc1C. The van der Waals surface area contributed by atoms with Gasteiger partial charge in [0.15, 0.2) is 0 Å². The normalized spacial score (nSPS) is 12.6. The average Bonchev–Trinajstić information content (AvgIpc) is 2.84. The van der Waals surface area contributed by atoms with Crippen molar-refractivity contribution in [2.24, 2.45) is 0 Å². The number of benzene rings is 3. The molecular weight excluding hydrogens is 432 g/mol.